The Hall–Kier alpha value is -2.02. The van der Waals surface area contributed by atoms with Gasteiger partial charge in [0.25, 0.3) is 0 Å². The fraction of sp³-hybridized carbons (Fsp3) is 0.267. The lowest BCUT2D eigenvalue weighted by atomic mass is 9.85. The summed E-state index contributed by atoms with van der Waals surface area (Å²) in [7, 11) is 0. The second kappa shape index (κ2) is 5.01. The molecule has 0 saturated heterocycles. The van der Waals surface area contributed by atoms with Crippen LogP contribution in [0.5, 0.6) is 0 Å². The number of nitrogens with one attached hydrogen (secondary N) is 1. The second-order valence-electron chi connectivity index (χ2n) is 5.39. The van der Waals surface area contributed by atoms with E-state index in [9.17, 15) is 9.18 Å². The van der Waals surface area contributed by atoms with E-state index in [0.717, 1.165) is 23.0 Å². The van der Waals surface area contributed by atoms with Gasteiger partial charge in [-0.05, 0) is 31.0 Å². The van der Waals surface area contributed by atoms with Crippen LogP contribution in [0.15, 0.2) is 40.3 Å². The van der Waals surface area contributed by atoms with Crippen molar-refractivity contribution in [3.63, 3.8) is 0 Å². The molecule has 0 saturated carbocycles. The number of rotatable bonds is 1. The second-order valence-corrected chi connectivity index (χ2v) is 6.31. The lowest BCUT2D eigenvalue weighted by molar-refractivity contribution is -0.116. The third-order valence-electron chi connectivity index (χ3n) is 4.06. The number of allylic oxidation sites excluding steroid dienone is 2. The molecule has 1 aromatic carbocycles. The molecule has 0 radical (unpaired) electrons. The van der Waals surface area contributed by atoms with Crippen molar-refractivity contribution >= 4 is 27.7 Å². The van der Waals surface area contributed by atoms with Crippen molar-refractivity contribution in [1.29, 1.82) is 0 Å². The molecule has 112 valence electrons. The smallest absolute Gasteiger partial charge is 0.226 e. The zero-order chi connectivity index (χ0) is 15.3. The van der Waals surface area contributed by atoms with E-state index in [-0.39, 0.29) is 11.6 Å². The van der Waals surface area contributed by atoms with Crippen molar-refractivity contribution in [2.24, 2.45) is 0 Å². The number of hydrogen-bond acceptors (Lipinski definition) is 4. The fourth-order valence-electron chi connectivity index (χ4n) is 3.11. The van der Waals surface area contributed by atoms with Crippen molar-refractivity contribution in [2.45, 2.75) is 25.3 Å². The molecular formula is C15H12BrFN4O. The topological polar surface area (TPSA) is 59.8 Å². The number of hydrogen-bond donors (Lipinski definition) is 1. The minimum atomic E-state index is -0.570. The number of anilines is 1. The number of ketones is 1. The van der Waals surface area contributed by atoms with Crippen LogP contribution in [-0.2, 0) is 4.79 Å². The van der Waals surface area contributed by atoms with Crippen LogP contribution in [0.1, 0.15) is 30.9 Å². The molecule has 0 spiro atoms. The summed E-state index contributed by atoms with van der Waals surface area (Å²) in [4.78, 5) is 16.6. The number of benzene rings is 1. The predicted octanol–water partition coefficient (Wildman–Crippen LogP) is 3.20. The highest BCUT2D eigenvalue weighted by atomic mass is 79.9. The quantitative estimate of drug-likeness (QED) is 0.846. The van der Waals surface area contributed by atoms with E-state index in [0.29, 0.717) is 23.5 Å². The molecule has 1 aliphatic carbocycles. The van der Waals surface area contributed by atoms with Crippen LogP contribution in [0.25, 0.3) is 0 Å². The molecule has 2 aromatic rings. The molecule has 0 unspecified atom stereocenters. The predicted molar refractivity (Wildman–Crippen MR) is 81.8 cm³/mol. The summed E-state index contributed by atoms with van der Waals surface area (Å²) in [6.45, 7) is 0. The van der Waals surface area contributed by atoms with Crippen molar-refractivity contribution in [2.75, 3.05) is 5.32 Å². The van der Waals surface area contributed by atoms with Crippen LogP contribution in [-0.4, -0.2) is 20.5 Å². The Morgan fingerprint density at radius 3 is 3.09 bits per heavy atom. The largest absolute Gasteiger partial charge is 0.328 e. The van der Waals surface area contributed by atoms with Crippen LogP contribution >= 0.6 is 15.9 Å². The summed E-state index contributed by atoms with van der Waals surface area (Å²) >= 11 is 3.37. The molecule has 0 amide bonds. The number of fused-ring (bicyclic) bond motifs is 1. The molecule has 22 heavy (non-hydrogen) atoms. The molecular weight excluding hydrogens is 351 g/mol. The van der Waals surface area contributed by atoms with Gasteiger partial charge in [0, 0.05) is 27.7 Å². The monoisotopic (exact) mass is 362 g/mol. The Kier molecular flexibility index (Phi) is 3.11. The number of aromatic nitrogens is 3. The highest BCUT2D eigenvalue weighted by Gasteiger charge is 2.37. The first-order valence-corrected chi connectivity index (χ1v) is 7.82. The third kappa shape index (κ3) is 1.99. The van der Waals surface area contributed by atoms with E-state index in [4.69, 9.17) is 0 Å². The first-order valence-electron chi connectivity index (χ1n) is 7.03. The van der Waals surface area contributed by atoms with Gasteiger partial charge in [0.2, 0.25) is 5.95 Å². The average molecular weight is 363 g/mol. The molecule has 2 heterocycles. The standard InChI is InChI=1S/C15H12BrFN4O/c16-8-4-5-10(17)9(6-8)14-13-11(2-1-3-12(13)22)20-15-18-7-19-21(14)15/h4-7,14H,1-3H2,(H,18,19,20)/t14-/m1/s1. The zero-order valence-electron chi connectivity index (χ0n) is 11.5. The minimum absolute atomic E-state index is 0.0410. The first-order chi connectivity index (χ1) is 10.6. The van der Waals surface area contributed by atoms with Crippen LogP contribution in [0.3, 0.4) is 0 Å². The van der Waals surface area contributed by atoms with E-state index in [2.05, 4.69) is 31.3 Å². The summed E-state index contributed by atoms with van der Waals surface area (Å²) in [6, 6.07) is 4.16. The summed E-state index contributed by atoms with van der Waals surface area (Å²) in [5.41, 5.74) is 1.85. The SMILES string of the molecule is O=C1CCCC2=C1[C@@H](c1cc(Br)ccc1F)n1ncnc1N2. The Balaban J connectivity index is 1.97. The Bertz CT molecular complexity index is 814. The maximum atomic E-state index is 14.4. The van der Waals surface area contributed by atoms with E-state index >= 15 is 0 Å². The zero-order valence-corrected chi connectivity index (χ0v) is 13.1. The number of nitrogens with zero attached hydrogens (tertiary/aromatic N) is 3. The Labute approximate surface area is 134 Å². The molecule has 1 aromatic heterocycles. The van der Waals surface area contributed by atoms with Gasteiger partial charge in [-0.25, -0.2) is 9.07 Å². The molecule has 0 bridgehead atoms. The van der Waals surface area contributed by atoms with Crippen LogP contribution in [0.4, 0.5) is 10.3 Å². The molecule has 0 fully saturated rings. The lowest BCUT2D eigenvalue weighted by Crippen LogP contribution is -2.32. The maximum absolute atomic E-state index is 14.4. The summed E-state index contributed by atoms with van der Waals surface area (Å²) in [5.74, 6) is 0.221. The van der Waals surface area contributed by atoms with Crippen molar-refractivity contribution in [3.8, 4) is 0 Å². The molecule has 4 rings (SSSR count). The van der Waals surface area contributed by atoms with E-state index in [1.165, 1.54) is 12.4 Å². The highest BCUT2D eigenvalue weighted by molar-refractivity contribution is 9.10. The summed E-state index contributed by atoms with van der Waals surface area (Å²) in [5, 5.41) is 7.34. The molecule has 1 aliphatic heterocycles. The van der Waals surface area contributed by atoms with Crippen LogP contribution in [0, 0.1) is 5.82 Å². The molecule has 5 nitrogen and oxygen atoms in total. The van der Waals surface area contributed by atoms with Gasteiger partial charge in [0.05, 0.1) is 0 Å². The molecule has 1 atom stereocenters. The molecule has 2 aliphatic rings. The van der Waals surface area contributed by atoms with Gasteiger partial charge in [-0.15, -0.1) is 0 Å². The lowest BCUT2D eigenvalue weighted by Gasteiger charge is -2.32. The van der Waals surface area contributed by atoms with E-state index < -0.39 is 6.04 Å². The highest BCUT2D eigenvalue weighted by Crippen LogP contribution is 2.40. The van der Waals surface area contributed by atoms with Gasteiger partial charge < -0.3 is 5.32 Å². The van der Waals surface area contributed by atoms with Crippen molar-refractivity contribution in [1.82, 2.24) is 14.8 Å². The maximum Gasteiger partial charge on any atom is 0.226 e. The molecule has 7 heteroatoms. The van der Waals surface area contributed by atoms with Crippen LogP contribution in [0.2, 0.25) is 0 Å². The van der Waals surface area contributed by atoms with Gasteiger partial charge >= 0.3 is 0 Å². The van der Waals surface area contributed by atoms with Crippen molar-refractivity contribution in [3.05, 3.63) is 51.6 Å². The first kappa shape index (κ1) is 13.6. The third-order valence-corrected chi connectivity index (χ3v) is 4.56. The average Bonchev–Trinajstić information content (AvgIpc) is 2.96. The number of Topliss-reactive ketones (excluding diaryl/α,β-unsaturated/α-hetero) is 1. The Morgan fingerprint density at radius 2 is 2.23 bits per heavy atom. The fourth-order valence-corrected chi connectivity index (χ4v) is 3.49. The van der Waals surface area contributed by atoms with E-state index in [1.54, 1.807) is 16.8 Å². The number of carbonyl (C=O) groups excluding carboxylic acids is 1. The number of halogens is 2. The van der Waals surface area contributed by atoms with Gasteiger partial charge in [-0.1, -0.05) is 15.9 Å². The normalized spacial score (nSPS) is 20.5. The molecule has 1 N–H and O–H groups in total. The van der Waals surface area contributed by atoms with E-state index in [1.807, 2.05) is 0 Å². The van der Waals surface area contributed by atoms with Crippen molar-refractivity contribution < 1.29 is 9.18 Å². The minimum Gasteiger partial charge on any atom is -0.328 e. The van der Waals surface area contributed by atoms with Gasteiger partial charge in [-0.2, -0.15) is 10.1 Å². The summed E-state index contributed by atoms with van der Waals surface area (Å²) in [6.07, 6.45) is 3.46. The van der Waals surface area contributed by atoms with Crippen LogP contribution < -0.4 is 5.32 Å². The summed E-state index contributed by atoms with van der Waals surface area (Å²) < 4.78 is 16.7. The van der Waals surface area contributed by atoms with Gasteiger partial charge in [0.15, 0.2) is 5.78 Å². The Morgan fingerprint density at radius 1 is 1.36 bits per heavy atom. The number of carbonyl (C=O) groups is 1. The van der Waals surface area contributed by atoms with Gasteiger partial charge in [-0.3, -0.25) is 4.79 Å². The van der Waals surface area contributed by atoms with Gasteiger partial charge in [0.1, 0.15) is 18.2 Å².